The fourth-order valence-corrected chi connectivity index (χ4v) is 4.93. The molecule has 0 N–H and O–H groups in total. The van der Waals surface area contributed by atoms with Crippen LogP contribution in [0.3, 0.4) is 0 Å². The van der Waals surface area contributed by atoms with Crippen LogP contribution in [0, 0.1) is 17.6 Å². The third-order valence-electron chi connectivity index (χ3n) is 6.63. The number of carbonyl (C=O) groups is 1. The number of benzene rings is 3. The Morgan fingerprint density at radius 1 is 0.897 bits per heavy atom. The summed E-state index contributed by atoms with van der Waals surface area (Å²) in [7, 11) is 0. The Morgan fingerprint density at radius 2 is 1.44 bits per heavy atom. The number of carbonyl (C=O) groups excluding carboxylic acids is 1. The van der Waals surface area contributed by atoms with E-state index < -0.39 is 30.0 Å². The van der Waals surface area contributed by atoms with Gasteiger partial charge in [0.25, 0.3) is 0 Å². The molecule has 2 unspecified atom stereocenters. The molecule has 39 heavy (non-hydrogen) atoms. The van der Waals surface area contributed by atoms with Crippen molar-refractivity contribution in [2.75, 3.05) is 13.1 Å². The van der Waals surface area contributed by atoms with Crippen LogP contribution in [0.15, 0.2) is 71.7 Å². The Kier molecular flexibility index (Phi) is 8.67. The molecule has 1 aliphatic heterocycles. The standard InChI is InChI=1S/C30H29F5N2O2/c1-3-16-37(17-4-2)29(38)23-18-26(27-24(31)6-5-7-25(27)32)36-28(23)21-10-8-19(9-11-21)20-12-14-22(15-13-20)39-30(33,34)35/h5-15,23,28H,3-4,16-18H2,1-2H3. The van der Waals surface area contributed by atoms with Crippen LogP contribution in [0.4, 0.5) is 22.0 Å². The highest BCUT2D eigenvalue weighted by atomic mass is 19.4. The van der Waals surface area contributed by atoms with Gasteiger partial charge in [-0.1, -0.05) is 56.3 Å². The number of aliphatic imine (C=N–C) groups is 1. The van der Waals surface area contributed by atoms with E-state index in [2.05, 4.69) is 9.73 Å². The molecule has 4 rings (SSSR count). The Labute approximate surface area is 224 Å². The second-order valence-corrected chi connectivity index (χ2v) is 9.45. The lowest BCUT2D eigenvalue weighted by Crippen LogP contribution is -2.38. The first-order chi connectivity index (χ1) is 18.6. The van der Waals surface area contributed by atoms with Crippen molar-refractivity contribution in [3.8, 4) is 16.9 Å². The number of alkyl halides is 3. The molecule has 3 aromatic carbocycles. The molecule has 206 valence electrons. The quantitative estimate of drug-likeness (QED) is 0.259. The molecule has 1 amide bonds. The van der Waals surface area contributed by atoms with Gasteiger partial charge < -0.3 is 9.64 Å². The van der Waals surface area contributed by atoms with Gasteiger partial charge in [0.15, 0.2) is 0 Å². The first-order valence-electron chi connectivity index (χ1n) is 12.9. The van der Waals surface area contributed by atoms with Crippen molar-refractivity contribution in [3.05, 3.63) is 89.5 Å². The third kappa shape index (κ3) is 6.64. The minimum Gasteiger partial charge on any atom is -0.406 e. The van der Waals surface area contributed by atoms with Crippen molar-refractivity contribution < 1.29 is 31.5 Å². The molecule has 0 saturated carbocycles. The van der Waals surface area contributed by atoms with E-state index in [1.165, 1.54) is 42.5 Å². The summed E-state index contributed by atoms with van der Waals surface area (Å²) in [4.78, 5) is 20.1. The average molecular weight is 545 g/mol. The molecule has 1 heterocycles. The topological polar surface area (TPSA) is 41.9 Å². The number of nitrogens with zero attached hydrogens (tertiary/aromatic N) is 2. The molecule has 3 aromatic rings. The van der Waals surface area contributed by atoms with Crippen LogP contribution in [-0.4, -0.2) is 36.0 Å². The molecule has 0 spiro atoms. The normalized spacial score (nSPS) is 17.2. The van der Waals surface area contributed by atoms with Crippen LogP contribution in [0.2, 0.25) is 0 Å². The van der Waals surface area contributed by atoms with E-state index >= 15 is 0 Å². The van der Waals surface area contributed by atoms with Crippen LogP contribution in [0.1, 0.15) is 50.3 Å². The number of rotatable bonds is 9. The van der Waals surface area contributed by atoms with E-state index in [1.807, 2.05) is 13.8 Å². The van der Waals surface area contributed by atoms with Gasteiger partial charge in [0.2, 0.25) is 5.91 Å². The number of ether oxygens (including phenoxy) is 1. The summed E-state index contributed by atoms with van der Waals surface area (Å²) in [5.41, 5.74) is 2.11. The van der Waals surface area contributed by atoms with Gasteiger partial charge in [0, 0.05) is 25.2 Å². The van der Waals surface area contributed by atoms with Gasteiger partial charge in [-0.3, -0.25) is 9.79 Å². The highest BCUT2D eigenvalue weighted by Gasteiger charge is 2.39. The lowest BCUT2D eigenvalue weighted by Gasteiger charge is -2.27. The smallest absolute Gasteiger partial charge is 0.406 e. The van der Waals surface area contributed by atoms with Crippen molar-refractivity contribution >= 4 is 11.6 Å². The van der Waals surface area contributed by atoms with E-state index in [-0.39, 0.29) is 29.4 Å². The lowest BCUT2D eigenvalue weighted by molar-refractivity contribution is -0.274. The summed E-state index contributed by atoms with van der Waals surface area (Å²) in [6, 6.07) is 15.6. The van der Waals surface area contributed by atoms with Gasteiger partial charge in [-0.15, -0.1) is 13.2 Å². The minimum absolute atomic E-state index is 0.105. The zero-order chi connectivity index (χ0) is 28.2. The second-order valence-electron chi connectivity index (χ2n) is 9.45. The van der Waals surface area contributed by atoms with E-state index in [9.17, 15) is 26.7 Å². The van der Waals surface area contributed by atoms with Crippen LogP contribution >= 0.6 is 0 Å². The number of halogens is 5. The highest BCUT2D eigenvalue weighted by molar-refractivity contribution is 6.05. The fraction of sp³-hybridized carbons (Fsp3) is 0.333. The maximum absolute atomic E-state index is 14.6. The van der Waals surface area contributed by atoms with Gasteiger partial charge in [-0.2, -0.15) is 0 Å². The molecule has 0 aromatic heterocycles. The van der Waals surface area contributed by atoms with Crippen molar-refractivity contribution in [1.82, 2.24) is 4.90 Å². The SMILES string of the molecule is CCCN(CCC)C(=O)C1CC(c2c(F)cccc2F)=NC1c1ccc(-c2ccc(OC(F)(F)F)cc2)cc1. The monoisotopic (exact) mass is 544 g/mol. The summed E-state index contributed by atoms with van der Waals surface area (Å²) in [5.74, 6) is -2.51. The predicted molar refractivity (Wildman–Crippen MR) is 139 cm³/mol. The van der Waals surface area contributed by atoms with E-state index in [4.69, 9.17) is 0 Å². The Morgan fingerprint density at radius 3 is 1.95 bits per heavy atom. The Bertz CT molecular complexity index is 1290. The molecular formula is C30H29F5N2O2. The second kappa shape index (κ2) is 12.0. The largest absolute Gasteiger partial charge is 0.573 e. The van der Waals surface area contributed by atoms with Crippen molar-refractivity contribution in [3.63, 3.8) is 0 Å². The maximum Gasteiger partial charge on any atom is 0.573 e. The van der Waals surface area contributed by atoms with E-state index in [1.54, 1.807) is 29.2 Å². The summed E-state index contributed by atoms with van der Waals surface area (Å²) < 4.78 is 70.6. The van der Waals surface area contributed by atoms with Crippen molar-refractivity contribution in [2.24, 2.45) is 10.9 Å². The molecule has 0 bridgehead atoms. The third-order valence-corrected chi connectivity index (χ3v) is 6.63. The van der Waals surface area contributed by atoms with E-state index in [0.717, 1.165) is 18.4 Å². The van der Waals surface area contributed by atoms with Gasteiger partial charge >= 0.3 is 6.36 Å². The summed E-state index contributed by atoms with van der Waals surface area (Å²) >= 11 is 0. The van der Waals surface area contributed by atoms with Gasteiger partial charge in [0.1, 0.15) is 17.4 Å². The Hall–Kier alpha value is -3.75. The maximum atomic E-state index is 14.6. The zero-order valence-corrected chi connectivity index (χ0v) is 21.6. The van der Waals surface area contributed by atoms with Crippen LogP contribution in [-0.2, 0) is 4.79 Å². The summed E-state index contributed by atoms with van der Waals surface area (Å²) in [6.45, 7) is 5.12. The van der Waals surface area contributed by atoms with Crippen molar-refractivity contribution in [2.45, 2.75) is 45.5 Å². The van der Waals surface area contributed by atoms with Gasteiger partial charge in [-0.25, -0.2) is 8.78 Å². The molecule has 1 aliphatic rings. The molecule has 2 atom stereocenters. The first-order valence-corrected chi connectivity index (χ1v) is 12.9. The number of amides is 1. The molecule has 0 radical (unpaired) electrons. The average Bonchev–Trinajstić information content (AvgIpc) is 3.32. The summed E-state index contributed by atoms with van der Waals surface area (Å²) in [5, 5.41) is 0. The number of hydrogen-bond acceptors (Lipinski definition) is 3. The lowest BCUT2D eigenvalue weighted by atomic mass is 9.89. The van der Waals surface area contributed by atoms with Crippen LogP contribution in [0.5, 0.6) is 5.75 Å². The minimum atomic E-state index is -4.77. The molecule has 0 fully saturated rings. The zero-order valence-electron chi connectivity index (χ0n) is 21.6. The highest BCUT2D eigenvalue weighted by Crippen LogP contribution is 2.39. The van der Waals surface area contributed by atoms with Crippen LogP contribution < -0.4 is 4.74 Å². The van der Waals surface area contributed by atoms with Crippen molar-refractivity contribution in [1.29, 1.82) is 0 Å². The molecular weight excluding hydrogens is 515 g/mol. The van der Waals surface area contributed by atoms with Gasteiger partial charge in [0.05, 0.1) is 17.5 Å². The van der Waals surface area contributed by atoms with E-state index in [0.29, 0.717) is 24.2 Å². The summed E-state index contributed by atoms with van der Waals surface area (Å²) in [6.07, 6.45) is -3.11. The Balaban J connectivity index is 1.65. The van der Waals surface area contributed by atoms with Crippen LogP contribution in [0.25, 0.3) is 11.1 Å². The number of hydrogen-bond donors (Lipinski definition) is 0. The fourth-order valence-electron chi connectivity index (χ4n) is 4.93. The predicted octanol–water partition coefficient (Wildman–Crippen LogP) is 7.73. The van der Waals surface area contributed by atoms with Gasteiger partial charge in [-0.05, 0) is 53.8 Å². The molecule has 0 aliphatic carbocycles. The molecule has 4 nitrogen and oxygen atoms in total. The first kappa shape index (κ1) is 28.3. The molecule has 9 heteroatoms. The molecule has 0 saturated heterocycles.